The molecule has 1 aromatic heterocycles. The lowest BCUT2D eigenvalue weighted by Crippen LogP contribution is -2.51. The summed E-state index contributed by atoms with van der Waals surface area (Å²) in [4.78, 5) is 26.7. The van der Waals surface area contributed by atoms with Gasteiger partial charge >= 0.3 is 5.97 Å². The van der Waals surface area contributed by atoms with Gasteiger partial charge in [-0.3, -0.25) is 9.59 Å². The van der Waals surface area contributed by atoms with Crippen LogP contribution in [0.4, 0.5) is 0 Å². The SMILES string of the molecule is COCC(C)(CC(=O)O)NC(=O)Cc1c(C)[nH]c2ccccc12. The van der Waals surface area contributed by atoms with E-state index in [9.17, 15) is 9.59 Å². The highest BCUT2D eigenvalue weighted by Crippen LogP contribution is 2.22. The third-order valence-corrected chi connectivity index (χ3v) is 3.81. The zero-order chi connectivity index (χ0) is 17.0. The Hall–Kier alpha value is -2.34. The number of ether oxygens (including phenoxy) is 1. The minimum atomic E-state index is -0.979. The molecule has 0 spiro atoms. The average molecular weight is 318 g/mol. The Kier molecular flexibility index (Phi) is 5.05. The second-order valence-electron chi connectivity index (χ2n) is 6.06. The molecule has 2 rings (SSSR count). The standard InChI is InChI=1S/C17H22N2O4/c1-11-13(12-6-4-5-7-14(12)18-11)8-15(20)19-17(2,10-23-3)9-16(21)22/h4-7,18H,8-10H2,1-3H3,(H,19,20)(H,21,22). The summed E-state index contributed by atoms with van der Waals surface area (Å²) in [5.41, 5.74) is 1.91. The first-order chi connectivity index (χ1) is 10.8. The van der Waals surface area contributed by atoms with Gasteiger partial charge < -0.3 is 20.1 Å². The van der Waals surface area contributed by atoms with Crippen LogP contribution < -0.4 is 5.32 Å². The number of carboxylic acid groups (broad SMARTS) is 1. The van der Waals surface area contributed by atoms with Crippen molar-refractivity contribution in [2.75, 3.05) is 13.7 Å². The molecule has 0 aliphatic carbocycles. The average Bonchev–Trinajstić information content (AvgIpc) is 2.74. The fraction of sp³-hybridized carbons (Fsp3) is 0.412. The van der Waals surface area contributed by atoms with Crippen molar-refractivity contribution < 1.29 is 19.4 Å². The third-order valence-electron chi connectivity index (χ3n) is 3.81. The number of carbonyl (C=O) groups is 2. The highest BCUT2D eigenvalue weighted by atomic mass is 16.5. The van der Waals surface area contributed by atoms with Gasteiger partial charge in [-0.25, -0.2) is 0 Å². The molecule has 2 aromatic rings. The lowest BCUT2D eigenvalue weighted by molar-refractivity contribution is -0.139. The van der Waals surface area contributed by atoms with Crippen LogP contribution in [0.15, 0.2) is 24.3 Å². The highest BCUT2D eigenvalue weighted by Gasteiger charge is 2.29. The van der Waals surface area contributed by atoms with Gasteiger partial charge in [-0.1, -0.05) is 18.2 Å². The maximum absolute atomic E-state index is 12.4. The van der Waals surface area contributed by atoms with E-state index in [2.05, 4.69) is 10.3 Å². The minimum Gasteiger partial charge on any atom is -0.481 e. The molecule has 0 aliphatic rings. The molecule has 1 atom stereocenters. The van der Waals surface area contributed by atoms with E-state index in [1.807, 2.05) is 31.2 Å². The van der Waals surface area contributed by atoms with Crippen LogP contribution in [0.1, 0.15) is 24.6 Å². The number of nitrogens with one attached hydrogen (secondary N) is 2. The van der Waals surface area contributed by atoms with Crippen molar-refractivity contribution in [2.45, 2.75) is 32.2 Å². The molecule has 0 aliphatic heterocycles. The molecule has 0 fully saturated rings. The highest BCUT2D eigenvalue weighted by molar-refractivity contribution is 5.90. The van der Waals surface area contributed by atoms with Crippen LogP contribution in [-0.4, -0.2) is 41.2 Å². The molecule has 0 bridgehead atoms. The molecule has 124 valence electrons. The van der Waals surface area contributed by atoms with Crippen LogP contribution in [0.3, 0.4) is 0 Å². The van der Waals surface area contributed by atoms with Crippen molar-refractivity contribution >= 4 is 22.8 Å². The smallest absolute Gasteiger partial charge is 0.305 e. The van der Waals surface area contributed by atoms with Crippen LogP contribution in [-0.2, 0) is 20.7 Å². The Balaban J connectivity index is 2.17. The molecule has 0 saturated carbocycles. The van der Waals surface area contributed by atoms with Crippen LogP contribution in [0.5, 0.6) is 0 Å². The van der Waals surface area contributed by atoms with Gasteiger partial charge in [0.05, 0.1) is 25.0 Å². The summed E-state index contributed by atoms with van der Waals surface area (Å²) < 4.78 is 5.05. The Morgan fingerprint density at radius 3 is 2.70 bits per heavy atom. The molecule has 0 saturated heterocycles. The van der Waals surface area contributed by atoms with Crippen LogP contribution >= 0.6 is 0 Å². The second kappa shape index (κ2) is 6.83. The first-order valence-electron chi connectivity index (χ1n) is 7.42. The number of aromatic nitrogens is 1. The van der Waals surface area contributed by atoms with E-state index < -0.39 is 11.5 Å². The monoisotopic (exact) mass is 318 g/mol. The van der Waals surface area contributed by atoms with E-state index in [4.69, 9.17) is 9.84 Å². The maximum atomic E-state index is 12.4. The molecule has 3 N–H and O–H groups in total. The van der Waals surface area contributed by atoms with E-state index in [0.717, 1.165) is 22.2 Å². The summed E-state index contributed by atoms with van der Waals surface area (Å²) in [5, 5.41) is 12.8. The van der Waals surface area contributed by atoms with E-state index >= 15 is 0 Å². The summed E-state index contributed by atoms with van der Waals surface area (Å²) in [6, 6.07) is 7.79. The molecule has 6 nitrogen and oxygen atoms in total. The van der Waals surface area contributed by atoms with Crippen molar-refractivity contribution in [1.82, 2.24) is 10.3 Å². The first kappa shape index (κ1) is 17.0. The van der Waals surface area contributed by atoms with Crippen LogP contribution in [0.2, 0.25) is 0 Å². The fourth-order valence-corrected chi connectivity index (χ4v) is 2.89. The van der Waals surface area contributed by atoms with Crippen molar-refractivity contribution in [3.8, 4) is 0 Å². The third kappa shape index (κ3) is 4.10. The fourth-order valence-electron chi connectivity index (χ4n) is 2.89. The molecular weight excluding hydrogens is 296 g/mol. The minimum absolute atomic E-state index is 0.137. The van der Waals surface area contributed by atoms with Gasteiger partial charge in [0, 0.05) is 23.7 Å². The molecular formula is C17H22N2O4. The van der Waals surface area contributed by atoms with Crippen LogP contribution in [0.25, 0.3) is 10.9 Å². The van der Waals surface area contributed by atoms with Gasteiger partial charge in [0.15, 0.2) is 0 Å². The van der Waals surface area contributed by atoms with E-state index in [0.29, 0.717) is 0 Å². The normalized spacial score (nSPS) is 13.7. The number of carboxylic acids is 1. The van der Waals surface area contributed by atoms with Crippen molar-refractivity contribution in [2.24, 2.45) is 0 Å². The molecule has 6 heteroatoms. The molecule has 1 aromatic carbocycles. The van der Waals surface area contributed by atoms with Crippen molar-refractivity contribution in [1.29, 1.82) is 0 Å². The number of carbonyl (C=O) groups excluding carboxylic acids is 1. The number of aryl methyl sites for hydroxylation is 1. The number of aliphatic carboxylic acids is 1. The number of para-hydroxylation sites is 1. The summed E-state index contributed by atoms with van der Waals surface area (Å²) in [5.74, 6) is -1.20. The molecule has 1 amide bonds. The Morgan fingerprint density at radius 1 is 1.35 bits per heavy atom. The number of amides is 1. The summed E-state index contributed by atoms with van der Waals surface area (Å²) in [6.07, 6.45) is -0.00574. The Morgan fingerprint density at radius 2 is 2.04 bits per heavy atom. The summed E-state index contributed by atoms with van der Waals surface area (Å²) >= 11 is 0. The van der Waals surface area contributed by atoms with Crippen molar-refractivity contribution in [3.05, 3.63) is 35.5 Å². The summed E-state index contributed by atoms with van der Waals surface area (Å²) in [6.45, 7) is 3.73. The molecule has 0 radical (unpaired) electrons. The maximum Gasteiger partial charge on any atom is 0.305 e. The number of fused-ring (bicyclic) bond motifs is 1. The van der Waals surface area contributed by atoms with Gasteiger partial charge in [0.1, 0.15) is 0 Å². The number of benzene rings is 1. The summed E-state index contributed by atoms with van der Waals surface area (Å²) in [7, 11) is 1.48. The van der Waals surface area contributed by atoms with E-state index in [-0.39, 0.29) is 25.4 Å². The van der Waals surface area contributed by atoms with Gasteiger partial charge in [-0.2, -0.15) is 0 Å². The van der Waals surface area contributed by atoms with Gasteiger partial charge in [-0.15, -0.1) is 0 Å². The van der Waals surface area contributed by atoms with Crippen molar-refractivity contribution in [3.63, 3.8) is 0 Å². The van der Waals surface area contributed by atoms with Gasteiger partial charge in [0.25, 0.3) is 0 Å². The first-order valence-corrected chi connectivity index (χ1v) is 7.42. The quantitative estimate of drug-likeness (QED) is 0.728. The van der Waals surface area contributed by atoms with Crippen LogP contribution in [0, 0.1) is 6.92 Å². The largest absolute Gasteiger partial charge is 0.481 e. The number of methoxy groups -OCH3 is 1. The predicted molar refractivity (Wildman–Crippen MR) is 87.4 cm³/mol. The zero-order valence-corrected chi connectivity index (χ0v) is 13.6. The topological polar surface area (TPSA) is 91.4 Å². The predicted octanol–water partition coefficient (Wildman–Crippen LogP) is 2.01. The van der Waals surface area contributed by atoms with E-state index in [1.54, 1.807) is 6.92 Å². The number of aromatic amines is 1. The lowest BCUT2D eigenvalue weighted by atomic mass is 9.98. The second-order valence-corrected chi connectivity index (χ2v) is 6.06. The number of rotatable bonds is 7. The number of hydrogen-bond acceptors (Lipinski definition) is 3. The van der Waals surface area contributed by atoms with Gasteiger partial charge in [0.2, 0.25) is 5.91 Å². The molecule has 23 heavy (non-hydrogen) atoms. The number of H-pyrrole nitrogens is 1. The molecule has 1 heterocycles. The zero-order valence-electron chi connectivity index (χ0n) is 13.6. The lowest BCUT2D eigenvalue weighted by Gasteiger charge is -2.28. The number of hydrogen-bond donors (Lipinski definition) is 3. The molecule has 1 unspecified atom stereocenters. The Labute approximate surface area is 134 Å². The van der Waals surface area contributed by atoms with E-state index in [1.165, 1.54) is 7.11 Å². The Bertz CT molecular complexity index is 722. The van der Waals surface area contributed by atoms with Gasteiger partial charge in [-0.05, 0) is 25.5 Å².